The van der Waals surface area contributed by atoms with E-state index in [1.165, 1.54) is 38.5 Å². The Kier molecular flexibility index (Phi) is 11.1. The van der Waals surface area contributed by atoms with Crippen molar-refractivity contribution in [3.63, 3.8) is 0 Å². The van der Waals surface area contributed by atoms with Crippen LogP contribution in [-0.2, 0) is 0 Å². The first kappa shape index (κ1) is 12.5. The van der Waals surface area contributed by atoms with Gasteiger partial charge in [-0.2, -0.15) is 0 Å². The molecule has 1 heteroatoms. The summed E-state index contributed by atoms with van der Waals surface area (Å²) >= 11 is 0. The number of nitrogens with two attached hydrogens (primary N) is 1. The number of rotatable bonds is 7. The lowest BCUT2D eigenvalue weighted by molar-refractivity contribution is 0.656. The zero-order chi connectivity index (χ0) is 9.78. The number of hydrogen-bond donors (Lipinski definition) is 1. The largest absolute Gasteiger partial charge is 0.330 e. The van der Waals surface area contributed by atoms with Gasteiger partial charge in [0.2, 0.25) is 0 Å². The molecule has 0 spiro atoms. The maximum absolute atomic E-state index is 5.40. The van der Waals surface area contributed by atoms with Crippen LogP contribution >= 0.6 is 0 Å². The Morgan fingerprint density at radius 1 is 0.846 bits per heavy atom. The number of unbranched alkanes of at least 4 members (excludes halogenated alkanes) is 6. The lowest BCUT2D eigenvalue weighted by Crippen LogP contribution is -1.97. The van der Waals surface area contributed by atoms with E-state index in [-0.39, 0.29) is 0 Å². The minimum absolute atomic E-state index is 0.835. The Labute approximate surface area is 83.1 Å². The lowest BCUT2D eigenvalue weighted by Gasteiger charge is -1.94. The summed E-state index contributed by atoms with van der Waals surface area (Å²) in [7, 11) is 0. The lowest BCUT2D eigenvalue weighted by atomic mass is 10.1. The molecule has 0 heterocycles. The van der Waals surface area contributed by atoms with Crippen LogP contribution in [0.15, 0.2) is 0 Å². The van der Waals surface area contributed by atoms with Crippen molar-refractivity contribution in [2.45, 2.75) is 58.3 Å². The van der Waals surface area contributed by atoms with E-state index >= 15 is 0 Å². The van der Waals surface area contributed by atoms with Crippen molar-refractivity contribution in [2.75, 3.05) is 6.54 Å². The van der Waals surface area contributed by atoms with Gasteiger partial charge in [-0.15, -0.1) is 11.8 Å². The van der Waals surface area contributed by atoms with Crippen LogP contribution in [0.3, 0.4) is 0 Å². The van der Waals surface area contributed by atoms with E-state index in [1.807, 2.05) is 0 Å². The van der Waals surface area contributed by atoms with Crippen LogP contribution in [0.4, 0.5) is 0 Å². The minimum atomic E-state index is 0.835. The minimum Gasteiger partial charge on any atom is -0.330 e. The molecule has 0 aliphatic carbocycles. The molecule has 0 aromatic rings. The molecule has 0 rings (SSSR count). The second-order valence-corrected chi connectivity index (χ2v) is 3.41. The summed E-state index contributed by atoms with van der Waals surface area (Å²) in [6.07, 6.45) is 9.65. The van der Waals surface area contributed by atoms with Crippen LogP contribution < -0.4 is 5.73 Å². The molecule has 0 unspecified atom stereocenters. The van der Waals surface area contributed by atoms with Gasteiger partial charge in [0.15, 0.2) is 0 Å². The molecule has 0 aromatic carbocycles. The Hall–Kier alpha value is -0.480. The first-order valence-electron chi connectivity index (χ1n) is 5.57. The molecule has 0 radical (unpaired) electrons. The normalized spacial score (nSPS) is 9.38. The smallest absolute Gasteiger partial charge is 0.00886 e. The summed E-state index contributed by atoms with van der Waals surface area (Å²) in [5.41, 5.74) is 5.40. The van der Waals surface area contributed by atoms with Gasteiger partial charge in [-0.25, -0.2) is 0 Å². The second kappa shape index (κ2) is 11.5. The second-order valence-electron chi connectivity index (χ2n) is 3.41. The van der Waals surface area contributed by atoms with E-state index < -0.39 is 0 Å². The first-order chi connectivity index (χ1) is 6.41. The molecule has 0 atom stereocenters. The molecule has 1 nitrogen and oxygen atoms in total. The summed E-state index contributed by atoms with van der Waals surface area (Å²) in [6.45, 7) is 3.04. The van der Waals surface area contributed by atoms with Gasteiger partial charge < -0.3 is 5.73 Å². The van der Waals surface area contributed by atoms with Gasteiger partial charge >= 0.3 is 0 Å². The summed E-state index contributed by atoms with van der Waals surface area (Å²) in [5.74, 6) is 6.42. The zero-order valence-corrected chi connectivity index (χ0v) is 8.94. The maximum Gasteiger partial charge on any atom is 0.00886 e. The summed E-state index contributed by atoms with van der Waals surface area (Å²) < 4.78 is 0. The monoisotopic (exact) mass is 181 g/mol. The summed E-state index contributed by atoms with van der Waals surface area (Å²) in [5, 5.41) is 0. The quantitative estimate of drug-likeness (QED) is 0.474. The fourth-order valence-electron chi connectivity index (χ4n) is 1.15. The third kappa shape index (κ3) is 11.5. The molecule has 13 heavy (non-hydrogen) atoms. The van der Waals surface area contributed by atoms with Gasteiger partial charge in [0.1, 0.15) is 0 Å². The van der Waals surface area contributed by atoms with Crippen LogP contribution in [0, 0.1) is 11.8 Å². The van der Waals surface area contributed by atoms with Crippen molar-refractivity contribution in [1.82, 2.24) is 0 Å². The highest BCUT2D eigenvalue weighted by Gasteiger charge is 1.85. The van der Waals surface area contributed by atoms with Crippen molar-refractivity contribution in [3.05, 3.63) is 0 Å². The van der Waals surface area contributed by atoms with Gasteiger partial charge in [0, 0.05) is 12.8 Å². The SMILES string of the molecule is CCCCC#CCCCCCCN. The van der Waals surface area contributed by atoms with E-state index in [0.717, 1.165) is 19.4 Å². The highest BCUT2D eigenvalue weighted by Crippen LogP contribution is 2.01. The van der Waals surface area contributed by atoms with Crippen LogP contribution in [0.25, 0.3) is 0 Å². The van der Waals surface area contributed by atoms with E-state index in [1.54, 1.807) is 0 Å². The first-order valence-corrected chi connectivity index (χ1v) is 5.57. The average Bonchev–Trinajstić information content (AvgIpc) is 2.16. The van der Waals surface area contributed by atoms with Crippen molar-refractivity contribution < 1.29 is 0 Å². The molecule has 0 aromatic heterocycles. The summed E-state index contributed by atoms with van der Waals surface area (Å²) in [4.78, 5) is 0. The van der Waals surface area contributed by atoms with E-state index in [0.29, 0.717) is 0 Å². The molecular formula is C12H23N. The number of hydrogen-bond acceptors (Lipinski definition) is 1. The predicted octanol–water partition coefficient (Wildman–Crippen LogP) is 3.09. The fraction of sp³-hybridized carbons (Fsp3) is 0.833. The Morgan fingerprint density at radius 2 is 1.46 bits per heavy atom. The van der Waals surface area contributed by atoms with E-state index in [2.05, 4.69) is 18.8 Å². The fourth-order valence-corrected chi connectivity index (χ4v) is 1.15. The van der Waals surface area contributed by atoms with Crippen molar-refractivity contribution in [1.29, 1.82) is 0 Å². The maximum atomic E-state index is 5.40. The van der Waals surface area contributed by atoms with Crippen molar-refractivity contribution >= 4 is 0 Å². The van der Waals surface area contributed by atoms with Crippen LogP contribution in [-0.4, -0.2) is 6.54 Å². The van der Waals surface area contributed by atoms with E-state index in [4.69, 9.17) is 5.73 Å². The predicted molar refractivity (Wildman–Crippen MR) is 59.4 cm³/mol. The topological polar surface area (TPSA) is 26.0 Å². The van der Waals surface area contributed by atoms with Crippen LogP contribution in [0.5, 0.6) is 0 Å². The molecule has 0 aliphatic rings. The standard InChI is InChI=1S/C12H23N/c1-2-3-4-5-6-7-8-9-10-11-12-13/h2-4,7-13H2,1H3. The van der Waals surface area contributed by atoms with Gasteiger partial charge in [-0.3, -0.25) is 0 Å². The highest BCUT2D eigenvalue weighted by molar-refractivity contribution is 4.98. The van der Waals surface area contributed by atoms with Crippen molar-refractivity contribution in [2.24, 2.45) is 5.73 Å². The molecule has 0 aliphatic heterocycles. The molecule has 0 saturated heterocycles. The molecule has 0 fully saturated rings. The molecule has 0 bridgehead atoms. The van der Waals surface area contributed by atoms with Gasteiger partial charge in [-0.1, -0.05) is 26.2 Å². The average molecular weight is 181 g/mol. The molecule has 2 N–H and O–H groups in total. The third-order valence-electron chi connectivity index (χ3n) is 2.04. The van der Waals surface area contributed by atoms with Crippen LogP contribution in [0.2, 0.25) is 0 Å². The van der Waals surface area contributed by atoms with Crippen LogP contribution in [0.1, 0.15) is 58.3 Å². The third-order valence-corrected chi connectivity index (χ3v) is 2.04. The van der Waals surface area contributed by atoms with Crippen molar-refractivity contribution in [3.8, 4) is 11.8 Å². The van der Waals surface area contributed by atoms with Gasteiger partial charge in [0.25, 0.3) is 0 Å². The van der Waals surface area contributed by atoms with E-state index in [9.17, 15) is 0 Å². The molecule has 0 saturated carbocycles. The van der Waals surface area contributed by atoms with Gasteiger partial charge in [-0.05, 0) is 25.8 Å². The summed E-state index contributed by atoms with van der Waals surface area (Å²) in [6, 6.07) is 0. The highest BCUT2D eigenvalue weighted by atomic mass is 14.5. The Morgan fingerprint density at radius 3 is 2.08 bits per heavy atom. The molecular weight excluding hydrogens is 158 g/mol. The Bertz CT molecular complexity index is 141. The Balaban J connectivity index is 2.99. The molecule has 0 amide bonds. The zero-order valence-electron chi connectivity index (χ0n) is 8.94. The van der Waals surface area contributed by atoms with Gasteiger partial charge in [0.05, 0.1) is 0 Å². The molecule has 76 valence electrons.